The van der Waals surface area contributed by atoms with E-state index < -0.39 is 24.0 Å². The minimum Gasteiger partial charge on any atom is -0.478 e. The van der Waals surface area contributed by atoms with E-state index in [1.807, 2.05) is 0 Å². The van der Waals surface area contributed by atoms with Crippen LogP contribution in [0.15, 0.2) is 23.1 Å². The van der Waals surface area contributed by atoms with Crippen molar-refractivity contribution in [3.8, 4) is 0 Å². The molecular weight excluding hydrogens is 229 g/mol. The van der Waals surface area contributed by atoms with Crippen molar-refractivity contribution in [1.29, 1.82) is 0 Å². The Morgan fingerprint density at radius 1 is 1.47 bits per heavy atom. The van der Waals surface area contributed by atoms with Gasteiger partial charge in [-0.05, 0) is 18.2 Å². The van der Waals surface area contributed by atoms with Crippen molar-refractivity contribution in [3.63, 3.8) is 0 Å². The number of carboxylic acid groups (broad SMARTS) is 1. The molecule has 0 radical (unpaired) electrons. The van der Waals surface area contributed by atoms with Gasteiger partial charge in [-0.15, -0.1) is 11.8 Å². The van der Waals surface area contributed by atoms with Crippen LogP contribution >= 0.6 is 11.8 Å². The molecule has 0 aromatic heterocycles. The normalized spacial score (nSPS) is 10.7. The van der Waals surface area contributed by atoms with Crippen molar-refractivity contribution >= 4 is 17.7 Å². The van der Waals surface area contributed by atoms with E-state index in [4.69, 9.17) is 5.11 Å². The monoisotopic (exact) mass is 236 g/mol. The van der Waals surface area contributed by atoms with E-state index in [1.54, 1.807) is 0 Å². The lowest BCUT2D eigenvalue weighted by molar-refractivity contribution is 0.0696. The predicted octanol–water partition coefficient (Wildman–Crippen LogP) is 2.88. The van der Waals surface area contributed by atoms with Crippen LogP contribution in [0.2, 0.25) is 0 Å². The minimum absolute atomic E-state index is 0.0739. The second-order valence-corrected chi connectivity index (χ2v) is 3.71. The van der Waals surface area contributed by atoms with Gasteiger partial charge in [-0.3, -0.25) is 0 Å². The number of hydrogen-bond acceptors (Lipinski definition) is 2. The van der Waals surface area contributed by atoms with E-state index in [0.717, 1.165) is 18.2 Å². The van der Waals surface area contributed by atoms with Crippen LogP contribution in [0.4, 0.5) is 13.2 Å². The Hall–Kier alpha value is -1.17. The summed E-state index contributed by atoms with van der Waals surface area (Å²) in [5, 5.41) is 8.60. The Morgan fingerprint density at radius 2 is 2.13 bits per heavy atom. The fraction of sp³-hybridized carbons (Fsp3) is 0.222. The third kappa shape index (κ3) is 3.47. The third-order valence-electron chi connectivity index (χ3n) is 1.54. The average molecular weight is 236 g/mol. The van der Waals surface area contributed by atoms with Gasteiger partial charge >= 0.3 is 5.97 Å². The van der Waals surface area contributed by atoms with Crippen LogP contribution in [0.5, 0.6) is 0 Å². The second kappa shape index (κ2) is 5.06. The van der Waals surface area contributed by atoms with E-state index >= 15 is 0 Å². The van der Waals surface area contributed by atoms with Gasteiger partial charge in [0.15, 0.2) is 0 Å². The zero-order valence-corrected chi connectivity index (χ0v) is 8.23. The molecule has 0 aliphatic carbocycles. The van der Waals surface area contributed by atoms with Gasteiger partial charge < -0.3 is 5.11 Å². The molecule has 1 aromatic rings. The first kappa shape index (κ1) is 11.9. The smallest absolute Gasteiger partial charge is 0.335 e. The van der Waals surface area contributed by atoms with Crippen LogP contribution in [0.3, 0.4) is 0 Å². The fourth-order valence-corrected chi connectivity index (χ4v) is 1.62. The van der Waals surface area contributed by atoms with Crippen molar-refractivity contribution in [2.24, 2.45) is 0 Å². The molecule has 6 heteroatoms. The van der Waals surface area contributed by atoms with Crippen LogP contribution in [-0.4, -0.2) is 23.3 Å². The minimum atomic E-state index is -2.55. The van der Waals surface area contributed by atoms with Gasteiger partial charge in [-0.2, -0.15) is 0 Å². The third-order valence-corrected chi connectivity index (χ3v) is 2.59. The van der Waals surface area contributed by atoms with E-state index in [1.165, 1.54) is 0 Å². The van der Waals surface area contributed by atoms with Gasteiger partial charge in [-0.1, -0.05) is 0 Å². The molecule has 2 nitrogen and oxygen atoms in total. The highest BCUT2D eigenvalue weighted by Gasteiger charge is 2.11. The van der Waals surface area contributed by atoms with Gasteiger partial charge in [0.05, 0.1) is 11.3 Å². The molecule has 0 spiro atoms. The summed E-state index contributed by atoms with van der Waals surface area (Å²) in [4.78, 5) is 10.4. The van der Waals surface area contributed by atoms with E-state index in [-0.39, 0.29) is 10.5 Å². The number of rotatable bonds is 4. The molecule has 1 N–H and O–H groups in total. The summed E-state index contributed by atoms with van der Waals surface area (Å²) < 4.78 is 36.7. The number of halogens is 3. The molecule has 0 atom stereocenters. The molecule has 0 fully saturated rings. The highest BCUT2D eigenvalue weighted by atomic mass is 32.2. The Bertz CT molecular complexity index is 368. The van der Waals surface area contributed by atoms with E-state index in [9.17, 15) is 18.0 Å². The maximum Gasteiger partial charge on any atom is 0.335 e. The van der Waals surface area contributed by atoms with Gasteiger partial charge in [0.1, 0.15) is 5.82 Å². The van der Waals surface area contributed by atoms with Crippen LogP contribution in [0, 0.1) is 5.82 Å². The lowest BCUT2D eigenvalue weighted by Gasteiger charge is -2.03. The van der Waals surface area contributed by atoms with Crippen LogP contribution in [0.25, 0.3) is 0 Å². The Kier molecular flexibility index (Phi) is 4.02. The van der Waals surface area contributed by atoms with Gasteiger partial charge in [-0.25, -0.2) is 18.0 Å². The first-order valence-corrected chi connectivity index (χ1v) is 4.93. The molecule has 1 aromatic carbocycles. The average Bonchev–Trinajstić information content (AvgIpc) is 2.16. The Labute approximate surface area is 88.1 Å². The van der Waals surface area contributed by atoms with Crippen LogP contribution < -0.4 is 0 Å². The van der Waals surface area contributed by atoms with Crippen molar-refractivity contribution < 1.29 is 23.1 Å². The largest absolute Gasteiger partial charge is 0.478 e. The quantitative estimate of drug-likeness (QED) is 0.817. The summed E-state index contributed by atoms with van der Waals surface area (Å²) in [6, 6.07) is 3.09. The summed E-state index contributed by atoms with van der Waals surface area (Å²) >= 11 is 0.598. The first-order valence-electron chi connectivity index (χ1n) is 3.94. The second-order valence-electron chi connectivity index (χ2n) is 2.65. The maximum atomic E-state index is 13.0. The van der Waals surface area contributed by atoms with Gasteiger partial charge in [0, 0.05) is 4.90 Å². The molecule has 0 aliphatic heterocycles. The van der Waals surface area contributed by atoms with Crippen molar-refractivity contribution in [1.82, 2.24) is 0 Å². The molecule has 0 saturated carbocycles. The molecule has 0 bridgehead atoms. The SMILES string of the molecule is O=C(O)c1ccc(F)c(SCC(F)F)c1. The van der Waals surface area contributed by atoms with E-state index in [2.05, 4.69) is 0 Å². The summed E-state index contributed by atoms with van der Waals surface area (Å²) in [6.07, 6.45) is -2.55. The molecule has 82 valence electrons. The Balaban J connectivity index is 2.85. The van der Waals surface area contributed by atoms with Gasteiger partial charge in [0.2, 0.25) is 6.43 Å². The standard InChI is InChI=1S/C9H7F3O2S/c10-6-2-1-5(9(13)14)3-7(6)15-4-8(11)12/h1-3,8H,4H2,(H,13,14). The predicted molar refractivity (Wildman–Crippen MR) is 50.1 cm³/mol. The molecule has 0 amide bonds. The zero-order chi connectivity index (χ0) is 11.4. The summed E-state index contributed by atoms with van der Waals surface area (Å²) in [5.41, 5.74) is -0.117. The summed E-state index contributed by atoms with van der Waals surface area (Å²) in [6.45, 7) is 0. The maximum absolute atomic E-state index is 13.0. The van der Waals surface area contributed by atoms with E-state index in [0.29, 0.717) is 11.8 Å². The molecule has 1 rings (SSSR count). The number of carboxylic acids is 1. The summed E-state index contributed by atoms with van der Waals surface area (Å²) in [5.74, 6) is -2.46. The van der Waals surface area contributed by atoms with Gasteiger partial charge in [0.25, 0.3) is 0 Å². The van der Waals surface area contributed by atoms with Crippen molar-refractivity contribution in [2.45, 2.75) is 11.3 Å². The molecular formula is C9H7F3O2S. The fourth-order valence-electron chi connectivity index (χ4n) is 0.900. The number of carbonyl (C=O) groups is 1. The molecule has 0 saturated heterocycles. The summed E-state index contributed by atoms with van der Waals surface area (Å²) in [7, 11) is 0. The zero-order valence-electron chi connectivity index (χ0n) is 7.41. The number of hydrogen-bond donors (Lipinski definition) is 1. The van der Waals surface area contributed by atoms with Crippen molar-refractivity contribution in [2.75, 3.05) is 5.75 Å². The van der Waals surface area contributed by atoms with Crippen LogP contribution in [-0.2, 0) is 0 Å². The van der Waals surface area contributed by atoms with Crippen LogP contribution in [0.1, 0.15) is 10.4 Å². The van der Waals surface area contributed by atoms with Crippen molar-refractivity contribution in [3.05, 3.63) is 29.6 Å². The number of benzene rings is 1. The lowest BCUT2D eigenvalue weighted by atomic mass is 10.2. The number of aromatic carboxylic acids is 1. The molecule has 0 unspecified atom stereocenters. The lowest BCUT2D eigenvalue weighted by Crippen LogP contribution is -1.99. The number of thioether (sulfide) groups is 1. The number of alkyl halides is 2. The first-order chi connectivity index (χ1) is 7.00. The molecule has 0 aliphatic rings. The highest BCUT2D eigenvalue weighted by molar-refractivity contribution is 7.99. The Morgan fingerprint density at radius 3 is 2.67 bits per heavy atom. The molecule has 15 heavy (non-hydrogen) atoms. The molecule has 0 heterocycles. The highest BCUT2D eigenvalue weighted by Crippen LogP contribution is 2.24. The topological polar surface area (TPSA) is 37.3 Å².